The Balaban J connectivity index is 1.80. The van der Waals surface area contributed by atoms with Gasteiger partial charge in [-0.2, -0.15) is 0 Å². The highest BCUT2D eigenvalue weighted by molar-refractivity contribution is 5.75. The van der Waals surface area contributed by atoms with Gasteiger partial charge in [-0.3, -0.25) is 10.1 Å². The normalized spacial score (nSPS) is 14.7. The molecule has 0 unspecified atom stereocenters. The first-order valence-electron chi connectivity index (χ1n) is 9.49. The summed E-state index contributed by atoms with van der Waals surface area (Å²) in [6, 6.07) is 9.56. The minimum absolute atomic E-state index is 0.0816. The number of anilines is 3. The van der Waals surface area contributed by atoms with Crippen molar-refractivity contribution in [3.8, 4) is 0 Å². The van der Waals surface area contributed by atoms with Gasteiger partial charge in [0.05, 0.1) is 4.92 Å². The number of nitrogens with zero attached hydrogens (tertiary/aromatic N) is 5. The Hall–Kier alpha value is -2.74. The third kappa shape index (κ3) is 4.71. The fourth-order valence-electron chi connectivity index (χ4n) is 3.44. The third-order valence-corrected chi connectivity index (χ3v) is 4.79. The molecule has 0 spiro atoms. The summed E-state index contributed by atoms with van der Waals surface area (Å²) in [5, 5.41) is 15.0. The molecule has 1 fully saturated rings. The maximum Gasteiger partial charge on any atom is 0.353 e. The van der Waals surface area contributed by atoms with E-state index in [-0.39, 0.29) is 11.5 Å². The van der Waals surface area contributed by atoms with Gasteiger partial charge in [-0.05, 0) is 45.0 Å². The van der Waals surface area contributed by atoms with E-state index in [1.165, 1.54) is 25.6 Å². The van der Waals surface area contributed by atoms with Crippen molar-refractivity contribution in [2.24, 2.45) is 0 Å². The Morgan fingerprint density at radius 1 is 1.19 bits per heavy atom. The van der Waals surface area contributed by atoms with Gasteiger partial charge < -0.3 is 15.1 Å². The van der Waals surface area contributed by atoms with E-state index < -0.39 is 4.92 Å². The van der Waals surface area contributed by atoms with Crippen LogP contribution in [0.25, 0.3) is 0 Å². The fourth-order valence-corrected chi connectivity index (χ4v) is 3.44. The number of hydrogen-bond donors (Lipinski definition) is 1. The molecule has 0 bridgehead atoms. The molecule has 3 rings (SSSR count). The molecule has 2 aromatic rings. The summed E-state index contributed by atoms with van der Waals surface area (Å²) >= 11 is 0. The monoisotopic (exact) mass is 370 g/mol. The van der Waals surface area contributed by atoms with Crippen LogP contribution in [0.2, 0.25) is 0 Å². The Kier molecular flexibility index (Phi) is 6.54. The second-order valence-electron chi connectivity index (χ2n) is 6.56. The number of nitrogens with one attached hydrogen (secondary N) is 1. The highest BCUT2D eigenvalue weighted by Gasteiger charge is 2.27. The van der Waals surface area contributed by atoms with Gasteiger partial charge in [-0.25, -0.2) is 9.97 Å². The van der Waals surface area contributed by atoms with Crippen LogP contribution in [0.15, 0.2) is 36.7 Å². The SMILES string of the molecule is CCN(c1ccccc1)c1ncnc(NCCN2CCCCC2)c1[N+](=O)[O-]. The Morgan fingerprint density at radius 3 is 2.59 bits per heavy atom. The van der Waals surface area contributed by atoms with Crippen molar-refractivity contribution in [2.75, 3.05) is 42.9 Å². The van der Waals surface area contributed by atoms with E-state index >= 15 is 0 Å². The van der Waals surface area contributed by atoms with Crippen molar-refractivity contribution < 1.29 is 4.92 Å². The van der Waals surface area contributed by atoms with E-state index in [4.69, 9.17) is 0 Å². The number of piperidine rings is 1. The molecule has 8 nitrogen and oxygen atoms in total. The van der Waals surface area contributed by atoms with Gasteiger partial charge >= 0.3 is 5.69 Å². The van der Waals surface area contributed by atoms with Gasteiger partial charge in [-0.1, -0.05) is 24.6 Å². The molecule has 2 heterocycles. The number of rotatable bonds is 8. The van der Waals surface area contributed by atoms with E-state index in [9.17, 15) is 10.1 Å². The van der Waals surface area contributed by atoms with E-state index in [1.54, 1.807) is 0 Å². The van der Waals surface area contributed by atoms with Crippen LogP contribution in [0.3, 0.4) is 0 Å². The minimum atomic E-state index is -0.399. The molecule has 0 atom stereocenters. The molecule has 0 aliphatic carbocycles. The topological polar surface area (TPSA) is 87.4 Å². The van der Waals surface area contributed by atoms with Crippen molar-refractivity contribution >= 4 is 23.0 Å². The summed E-state index contributed by atoms with van der Waals surface area (Å²) in [4.78, 5) is 24.0. The van der Waals surface area contributed by atoms with Crippen molar-refractivity contribution in [1.29, 1.82) is 0 Å². The summed E-state index contributed by atoms with van der Waals surface area (Å²) in [5.41, 5.74) is 0.780. The molecule has 8 heteroatoms. The number of aromatic nitrogens is 2. The number of benzene rings is 1. The highest BCUT2D eigenvalue weighted by Crippen LogP contribution is 2.35. The molecule has 1 aliphatic heterocycles. The van der Waals surface area contributed by atoms with Gasteiger partial charge in [0.2, 0.25) is 11.6 Å². The van der Waals surface area contributed by atoms with Crippen LogP contribution in [0.1, 0.15) is 26.2 Å². The standard InChI is InChI=1S/C19H26N6O2/c1-2-24(16-9-5-3-6-10-16)19-17(25(26)27)18(21-15-22-19)20-11-14-23-12-7-4-8-13-23/h3,5-6,9-10,15H,2,4,7-8,11-14H2,1H3,(H,20,21,22). The maximum absolute atomic E-state index is 11.8. The van der Waals surface area contributed by atoms with Crippen LogP contribution in [0.5, 0.6) is 0 Å². The first-order valence-corrected chi connectivity index (χ1v) is 9.49. The zero-order valence-electron chi connectivity index (χ0n) is 15.7. The molecule has 27 heavy (non-hydrogen) atoms. The first-order chi connectivity index (χ1) is 13.2. The first kappa shape index (κ1) is 19.0. The molecule has 1 N–H and O–H groups in total. The third-order valence-electron chi connectivity index (χ3n) is 4.79. The van der Waals surface area contributed by atoms with E-state index in [0.717, 1.165) is 25.3 Å². The number of likely N-dealkylation sites (tertiary alicyclic amines) is 1. The van der Waals surface area contributed by atoms with Gasteiger partial charge in [0.15, 0.2) is 0 Å². The van der Waals surface area contributed by atoms with Crippen molar-refractivity contribution in [3.05, 3.63) is 46.8 Å². The average Bonchev–Trinajstić information content (AvgIpc) is 2.70. The molecule has 1 aliphatic rings. The molecule has 1 aromatic heterocycles. The van der Waals surface area contributed by atoms with Crippen LogP contribution in [0.4, 0.5) is 23.0 Å². The van der Waals surface area contributed by atoms with E-state index in [0.29, 0.717) is 18.9 Å². The Morgan fingerprint density at radius 2 is 1.93 bits per heavy atom. The second kappa shape index (κ2) is 9.27. The van der Waals surface area contributed by atoms with Crippen LogP contribution in [-0.2, 0) is 0 Å². The smallest absolute Gasteiger partial charge is 0.353 e. The molecule has 1 saturated heterocycles. The molecule has 144 valence electrons. The molecule has 0 amide bonds. The summed E-state index contributed by atoms with van der Waals surface area (Å²) < 4.78 is 0. The lowest BCUT2D eigenvalue weighted by Crippen LogP contribution is -2.34. The largest absolute Gasteiger partial charge is 0.363 e. The number of para-hydroxylation sites is 1. The molecular formula is C19H26N6O2. The van der Waals surface area contributed by atoms with E-state index in [2.05, 4.69) is 20.2 Å². The predicted octanol–water partition coefficient (Wildman–Crippen LogP) is 3.44. The fraction of sp³-hybridized carbons (Fsp3) is 0.474. The van der Waals surface area contributed by atoms with Crippen LogP contribution in [-0.4, -0.2) is 52.5 Å². The quantitative estimate of drug-likeness (QED) is 0.562. The molecule has 0 saturated carbocycles. The maximum atomic E-state index is 11.8. The van der Waals surface area contributed by atoms with Gasteiger partial charge in [0, 0.05) is 25.3 Å². The summed E-state index contributed by atoms with van der Waals surface area (Å²) in [6.45, 7) is 6.17. The lowest BCUT2D eigenvalue weighted by molar-refractivity contribution is -0.383. The van der Waals surface area contributed by atoms with Gasteiger partial charge in [0.1, 0.15) is 6.33 Å². The van der Waals surface area contributed by atoms with Crippen molar-refractivity contribution in [3.63, 3.8) is 0 Å². The summed E-state index contributed by atoms with van der Waals surface area (Å²) in [5.74, 6) is 0.584. The lowest BCUT2D eigenvalue weighted by Gasteiger charge is -2.26. The van der Waals surface area contributed by atoms with E-state index in [1.807, 2.05) is 42.2 Å². The molecular weight excluding hydrogens is 344 g/mol. The lowest BCUT2D eigenvalue weighted by atomic mass is 10.1. The summed E-state index contributed by atoms with van der Waals surface area (Å²) in [7, 11) is 0. The Bertz CT molecular complexity index is 749. The summed E-state index contributed by atoms with van der Waals surface area (Å²) in [6.07, 6.45) is 5.12. The zero-order chi connectivity index (χ0) is 19.1. The molecule has 1 aromatic carbocycles. The number of nitro groups is 1. The zero-order valence-corrected chi connectivity index (χ0v) is 15.7. The van der Waals surface area contributed by atoms with Crippen LogP contribution < -0.4 is 10.2 Å². The van der Waals surface area contributed by atoms with Gasteiger partial charge in [-0.15, -0.1) is 0 Å². The van der Waals surface area contributed by atoms with Crippen LogP contribution in [0, 0.1) is 10.1 Å². The minimum Gasteiger partial charge on any atom is -0.363 e. The average molecular weight is 370 g/mol. The molecule has 0 radical (unpaired) electrons. The number of hydrogen-bond acceptors (Lipinski definition) is 7. The van der Waals surface area contributed by atoms with Crippen molar-refractivity contribution in [1.82, 2.24) is 14.9 Å². The van der Waals surface area contributed by atoms with Crippen molar-refractivity contribution in [2.45, 2.75) is 26.2 Å². The highest BCUT2D eigenvalue weighted by atomic mass is 16.6. The Labute approximate surface area is 159 Å². The second-order valence-corrected chi connectivity index (χ2v) is 6.56. The predicted molar refractivity (Wildman–Crippen MR) is 107 cm³/mol. The van der Waals surface area contributed by atoms with Crippen LogP contribution >= 0.6 is 0 Å². The van der Waals surface area contributed by atoms with Gasteiger partial charge in [0.25, 0.3) is 0 Å².